The van der Waals surface area contributed by atoms with Gasteiger partial charge in [0.2, 0.25) is 0 Å². The molecule has 0 saturated heterocycles. The summed E-state index contributed by atoms with van der Waals surface area (Å²) >= 11 is 0. The van der Waals surface area contributed by atoms with Crippen LogP contribution in [-0.2, 0) is 0 Å². The molecule has 18 heavy (non-hydrogen) atoms. The molecule has 0 amide bonds. The lowest BCUT2D eigenvalue weighted by molar-refractivity contribution is 0.0697. The third-order valence-electron chi connectivity index (χ3n) is 3.24. The summed E-state index contributed by atoms with van der Waals surface area (Å²) in [5.41, 5.74) is 1.53. The predicted molar refractivity (Wildman–Crippen MR) is 73.2 cm³/mol. The molecule has 0 aliphatic carbocycles. The minimum Gasteiger partial charge on any atom is -0.478 e. The smallest absolute Gasteiger partial charge is 0.335 e. The van der Waals surface area contributed by atoms with E-state index in [2.05, 4.69) is 31.2 Å². The average Bonchev–Trinajstić information content (AvgIpc) is 2.37. The molecule has 1 N–H and O–H groups in total. The number of carboxylic acid groups (broad SMARTS) is 1. The zero-order valence-electron chi connectivity index (χ0n) is 9.97. The van der Waals surface area contributed by atoms with Gasteiger partial charge in [-0.25, -0.2) is 4.79 Å². The van der Waals surface area contributed by atoms with Crippen LogP contribution < -0.4 is 0 Å². The van der Waals surface area contributed by atoms with Crippen LogP contribution in [0.1, 0.15) is 15.9 Å². The second-order valence-corrected chi connectivity index (χ2v) is 4.53. The van der Waals surface area contributed by atoms with Crippen LogP contribution in [0, 0.1) is 6.92 Å². The first-order valence-corrected chi connectivity index (χ1v) is 5.81. The molecule has 3 aromatic carbocycles. The molecule has 0 fully saturated rings. The number of aromatic carboxylic acids is 1. The van der Waals surface area contributed by atoms with Crippen molar-refractivity contribution in [3.05, 3.63) is 59.7 Å². The van der Waals surface area contributed by atoms with Gasteiger partial charge < -0.3 is 5.11 Å². The summed E-state index contributed by atoms with van der Waals surface area (Å²) in [6, 6.07) is 15.6. The number of hydrogen-bond donors (Lipinski definition) is 1. The fourth-order valence-corrected chi connectivity index (χ4v) is 2.31. The minimum absolute atomic E-state index is 0.329. The Labute approximate surface area is 104 Å². The fraction of sp³-hybridized carbons (Fsp3) is 0.0625. The first-order chi connectivity index (χ1) is 8.65. The van der Waals surface area contributed by atoms with Crippen molar-refractivity contribution in [3.8, 4) is 0 Å². The molecule has 0 aliphatic rings. The fourth-order valence-electron chi connectivity index (χ4n) is 2.31. The number of carbonyl (C=O) groups is 1. The highest BCUT2D eigenvalue weighted by Gasteiger charge is 2.06. The van der Waals surface area contributed by atoms with Crippen molar-refractivity contribution in [1.82, 2.24) is 0 Å². The SMILES string of the molecule is Cc1ccc2c(ccc3ccc(C(=O)O)cc32)c1. The molecule has 0 aliphatic heterocycles. The molecule has 3 rings (SSSR count). The van der Waals surface area contributed by atoms with Gasteiger partial charge in [-0.3, -0.25) is 0 Å². The predicted octanol–water partition coefficient (Wildman–Crippen LogP) is 4.00. The van der Waals surface area contributed by atoms with Crippen molar-refractivity contribution < 1.29 is 9.90 Å². The summed E-state index contributed by atoms with van der Waals surface area (Å²) in [5.74, 6) is -0.888. The van der Waals surface area contributed by atoms with E-state index in [9.17, 15) is 4.79 Å². The van der Waals surface area contributed by atoms with E-state index < -0.39 is 5.97 Å². The summed E-state index contributed by atoms with van der Waals surface area (Å²) in [7, 11) is 0. The van der Waals surface area contributed by atoms with Crippen molar-refractivity contribution in [3.63, 3.8) is 0 Å². The second kappa shape index (κ2) is 3.84. The normalized spacial score (nSPS) is 10.9. The van der Waals surface area contributed by atoms with Gasteiger partial charge >= 0.3 is 5.97 Å². The molecular formula is C16H12O2. The van der Waals surface area contributed by atoms with Gasteiger partial charge in [-0.05, 0) is 40.6 Å². The summed E-state index contributed by atoms with van der Waals surface area (Å²) in [4.78, 5) is 11.0. The number of aryl methyl sites for hydroxylation is 1. The van der Waals surface area contributed by atoms with Gasteiger partial charge in [0.1, 0.15) is 0 Å². The Balaban J connectivity index is 2.43. The average molecular weight is 236 g/mol. The Hall–Kier alpha value is -2.35. The summed E-state index contributed by atoms with van der Waals surface area (Å²) < 4.78 is 0. The van der Waals surface area contributed by atoms with Crippen LogP contribution in [0.15, 0.2) is 48.5 Å². The van der Waals surface area contributed by atoms with Crippen molar-refractivity contribution in [1.29, 1.82) is 0 Å². The van der Waals surface area contributed by atoms with E-state index >= 15 is 0 Å². The van der Waals surface area contributed by atoms with E-state index in [-0.39, 0.29) is 0 Å². The first-order valence-electron chi connectivity index (χ1n) is 5.81. The molecule has 3 aromatic rings. The molecule has 0 aromatic heterocycles. The Bertz CT molecular complexity index is 772. The van der Waals surface area contributed by atoms with Crippen LogP contribution in [0.5, 0.6) is 0 Å². The van der Waals surface area contributed by atoms with Crippen molar-refractivity contribution in [2.75, 3.05) is 0 Å². The van der Waals surface area contributed by atoms with Crippen LogP contribution in [0.2, 0.25) is 0 Å². The lowest BCUT2D eigenvalue weighted by Gasteiger charge is -2.06. The van der Waals surface area contributed by atoms with Gasteiger partial charge in [-0.1, -0.05) is 42.0 Å². The Morgan fingerprint density at radius 3 is 2.39 bits per heavy atom. The van der Waals surface area contributed by atoms with Crippen LogP contribution in [0.3, 0.4) is 0 Å². The van der Waals surface area contributed by atoms with Crippen molar-refractivity contribution >= 4 is 27.5 Å². The largest absolute Gasteiger partial charge is 0.478 e. The minimum atomic E-state index is -0.888. The highest BCUT2D eigenvalue weighted by atomic mass is 16.4. The van der Waals surface area contributed by atoms with E-state index in [0.717, 1.165) is 21.5 Å². The Kier molecular flexibility index (Phi) is 2.30. The molecule has 0 radical (unpaired) electrons. The van der Waals surface area contributed by atoms with E-state index in [4.69, 9.17) is 5.11 Å². The van der Waals surface area contributed by atoms with E-state index in [1.54, 1.807) is 12.1 Å². The summed E-state index contributed by atoms with van der Waals surface area (Å²) in [5, 5.41) is 13.4. The molecular weight excluding hydrogens is 224 g/mol. The number of fused-ring (bicyclic) bond motifs is 3. The second-order valence-electron chi connectivity index (χ2n) is 4.53. The highest BCUT2D eigenvalue weighted by Crippen LogP contribution is 2.27. The number of rotatable bonds is 1. The maximum absolute atomic E-state index is 11.0. The Morgan fingerprint density at radius 2 is 1.61 bits per heavy atom. The lowest BCUT2D eigenvalue weighted by Crippen LogP contribution is -1.95. The van der Waals surface area contributed by atoms with Gasteiger partial charge in [-0.15, -0.1) is 0 Å². The van der Waals surface area contributed by atoms with E-state index in [1.165, 1.54) is 5.56 Å². The maximum Gasteiger partial charge on any atom is 0.335 e. The van der Waals surface area contributed by atoms with Crippen LogP contribution in [0.4, 0.5) is 0 Å². The van der Waals surface area contributed by atoms with Gasteiger partial charge in [-0.2, -0.15) is 0 Å². The number of benzene rings is 3. The summed E-state index contributed by atoms with van der Waals surface area (Å²) in [6.07, 6.45) is 0. The molecule has 0 bridgehead atoms. The molecule has 0 atom stereocenters. The standard InChI is InChI=1S/C16H12O2/c1-10-2-7-14-12(8-10)5-3-11-4-6-13(16(17)18)9-15(11)14/h2-9H,1H3,(H,17,18). The van der Waals surface area contributed by atoms with Gasteiger partial charge in [0.15, 0.2) is 0 Å². The quantitative estimate of drug-likeness (QED) is 0.648. The topological polar surface area (TPSA) is 37.3 Å². The van der Waals surface area contributed by atoms with Gasteiger partial charge in [0.25, 0.3) is 0 Å². The number of carboxylic acids is 1. The van der Waals surface area contributed by atoms with Crippen LogP contribution in [0.25, 0.3) is 21.5 Å². The zero-order valence-corrected chi connectivity index (χ0v) is 9.97. The summed E-state index contributed by atoms with van der Waals surface area (Å²) in [6.45, 7) is 2.05. The highest BCUT2D eigenvalue weighted by molar-refractivity contribution is 6.09. The maximum atomic E-state index is 11.0. The van der Waals surface area contributed by atoms with Gasteiger partial charge in [0.05, 0.1) is 5.56 Å². The molecule has 0 spiro atoms. The van der Waals surface area contributed by atoms with Crippen LogP contribution >= 0.6 is 0 Å². The van der Waals surface area contributed by atoms with Crippen LogP contribution in [-0.4, -0.2) is 11.1 Å². The zero-order chi connectivity index (χ0) is 12.7. The monoisotopic (exact) mass is 236 g/mol. The number of hydrogen-bond acceptors (Lipinski definition) is 1. The first kappa shape index (κ1) is 10.8. The lowest BCUT2D eigenvalue weighted by atomic mass is 9.99. The molecule has 0 heterocycles. The third-order valence-corrected chi connectivity index (χ3v) is 3.24. The van der Waals surface area contributed by atoms with E-state index in [0.29, 0.717) is 5.56 Å². The van der Waals surface area contributed by atoms with Crippen molar-refractivity contribution in [2.45, 2.75) is 6.92 Å². The van der Waals surface area contributed by atoms with Crippen molar-refractivity contribution in [2.24, 2.45) is 0 Å². The Morgan fingerprint density at radius 1 is 0.889 bits per heavy atom. The molecule has 2 nitrogen and oxygen atoms in total. The molecule has 88 valence electrons. The molecule has 0 saturated carbocycles. The van der Waals surface area contributed by atoms with Gasteiger partial charge in [0, 0.05) is 0 Å². The van der Waals surface area contributed by atoms with E-state index in [1.807, 2.05) is 12.1 Å². The third kappa shape index (κ3) is 1.63. The molecule has 2 heteroatoms. The molecule has 0 unspecified atom stereocenters.